The van der Waals surface area contributed by atoms with E-state index in [0.29, 0.717) is 0 Å². The summed E-state index contributed by atoms with van der Waals surface area (Å²) >= 11 is 0. The van der Waals surface area contributed by atoms with Crippen LogP contribution in [0.25, 0.3) is 0 Å². The van der Waals surface area contributed by atoms with Gasteiger partial charge in [-0.25, -0.2) is 0 Å². The number of rotatable bonds is 5. The van der Waals surface area contributed by atoms with E-state index in [1.165, 1.54) is 45.6 Å². The molecule has 0 spiro atoms. The average Bonchev–Trinajstić information content (AvgIpc) is 2.27. The number of hydrogen-bond acceptors (Lipinski definition) is 3. The topological polar surface area (TPSA) is 18.5 Å². The maximum absolute atomic E-state index is 3.64. The van der Waals surface area contributed by atoms with E-state index in [1.807, 2.05) is 0 Å². The summed E-state index contributed by atoms with van der Waals surface area (Å²) < 4.78 is 0. The van der Waals surface area contributed by atoms with Crippen LogP contribution in [-0.2, 0) is 0 Å². The molecule has 1 aliphatic carbocycles. The van der Waals surface area contributed by atoms with Crippen LogP contribution < -0.4 is 5.32 Å². The molecule has 3 heteroatoms. The molecule has 0 aromatic rings. The fourth-order valence-electron chi connectivity index (χ4n) is 3.21. The van der Waals surface area contributed by atoms with E-state index in [4.69, 9.17) is 0 Å². The molecule has 3 nitrogen and oxygen atoms in total. The molecular formula is C15H31N3. The van der Waals surface area contributed by atoms with E-state index in [-0.39, 0.29) is 0 Å². The molecule has 1 saturated carbocycles. The monoisotopic (exact) mass is 253 g/mol. The van der Waals surface area contributed by atoms with Crippen molar-refractivity contribution in [1.82, 2.24) is 15.1 Å². The predicted octanol–water partition coefficient (Wildman–Crippen LogP) is 1.65. The van der Waals surface area contributed by atoms with Gasteiger partial charge in [0.2, 0.25) is 0 Å². The van der Waals surface area contributed by atoms with Crippen molar-refractivity contribution in [3.05, 3.63) is 0 Å². The highest BCUT2D eigenvalue weighted by atomic mass is 15.3. The fourth-order valence-corrected chi connectivity index (χ4v) is 3.21. The van der Waals surface area contributed by atoms with Crippen LogP contribution in [0.4, 0.5) is 0 Å². The van der Waals surface area contributed by atoms with E-state index in [9.17, 15) is 0 Å². The Hall–Kier alpha value is -0.120. The molecule has 18 heavy (non-hydrogen) atoms. The lowest BCUT2D eigenvalue weighted by Crippen LogP contribution is -2.59. The van der Waals surface area contributed by atoms with Crippen molar-refractivity contribution < 1.29 is 0 Å². The Morgan fingerprint density at radius 1 is 1.22 bits per heavy atom. The van der Waals surface area contributed by atoms with Crippen molar-refractivity contribution in [2.24, 2.45) is 11.8 Å². The smallest absolute Gasteiger partial charge is 0.0192 e. The first-order chi connectivity index (χ1) is 8.58. The van der Waals surface area contributed by atoms with Gasteiger partial charge >= 0.3 is 0 Å². The Labute approximate surface area is 113 Å². The van der Waals surface area contributed by atoms with Crippen molar-refractivity contribution in [2.45, 2.75) is 45.7 Å². The van der Waals surface area contributed by atoms with Gasteiger partial charge < -0.3 is 10.2 Å². The summed E-state index contributed by atoms with van der Waals surface area (Å²) in [5.41, 5.74) is 0. The predicted molar refractivity (Wildman–Crippen MR) is 77.9 cm³/mol. The van der Waals surface area contributed by atoms with Crippen LogP contribution in [0.3, 0.4) is 0 Å². The zero-order valence-electron chi connectivity index (χ0n) is 12.7. The standard InChI is InChI=1S/C15H31N3/c1-12(2)9-16-10-14-5-6-15(14)18-8-7-17(4)13(3)11-18/h12-16H,5-11H2,1-4H3. The van der Waals surface area contributed by atoms with Gasteiger partial charge in [-0.15, -0.1) is 0 Å². The van der Waals surface area contributed by atoms with Crippen LogP contribution in [-0.4, -0.2) is 61.7 Å². The van der Waals surface area contributed by atoms with Gasteiger partial charge in [-0.2, -0.15) is 0 Å². The highest BCUT2D eigenvalue weighted by molar-refractivity contribution is 4.93. The first kappa shape index (κ1) is 14.3. The first-order valence-electron chi connectivity index (χ1n) is 7.73. The summed E-state index contributed by atoms with van der Waals surface area (Å²) in [6.45, 7) is 13.1. The molecule has 0 aromatic carbocycles. The van der Waals surface area contributed by atoms with Gasteiger partial charge in [-0.3, -0.25) is 4.90 Å². The zero-order valence-corrected chi connectivity index (χ0v) is 12.7. The molecule has 2 aliphatic rings. The molecule has 3 unspecified atom stereocenters. The van der Waals surface area contributed by atoms with Crippen molar-refractivity contribution in [2.75, 3.05) is 39.8 Å². The number of nitrogens with zero attached hydrogens (tertiary/aromatic N) is 2. The van der Waals surface area contributed by atoms with Crippen LogP contribution >= 0.6 is 0 Å². The van der Waals surface area contributed by atoms with Crippen molar-refractivity contribution >= 4 is 0 Å². The summed E-state index contributed by atoms with van der Waals surface area (Å²) in [5, 5.41) is 3.64. The van der Waals surface area contributed by atoms with Crippen molar-refractivity contribution in [3.63, 3.8) is 0 Å². The van der Waals surface area contributed by atoms with Crippen LogP contribution in [0, 0.1) is 11.8 Å². The second-order valence-electron chi connectivity index (χ2n) is 6.78. The number of nitrogens with one attached hydrogen (secondary N) is 1. The minimum absolute atomic E-state index is 0.726. The average molecular weight is 253 g/mol. The van der Waals surface area contributed by atoms with Crippen molar-refractivity contribution in [1.29, 1.82) is 0 Å². The SMILES string of the molecule is CC(C)CNCC1CCC1N1CCN(C)C(C)C1. The Kier molecular flexibility index (Phi) is 5.05. The van der Waals surface area contributed by atoms with E-state index in [0.717, 1.165) is 23.9 Å². The van der Waals surface area contributed by atoms with E-state index < -0.39 is 0 Å². The Bertz CT molecular complexity index is 254. The lowest BCUT2D eigenvalue weighted by molar-refractivity contribution is 0.00646. The molecule has 3 atom stereocenters. The highest BCUT2D eigenvalue weighted by Crippen LogP contribution is 2.32. The third-order valence-electron chi connectivity index (χ3n) is 4.80. The number of likely N-dealkylation sites (N-methyl/N-ethyl adjacent to an activating group) is 1. The van der Waals surface area contributed by atoms with Gasteiger partial charge in [-0.1, -0.05) is 13.8 Å². The van der Waals surface area contributed by atoms with E-state index in [2.05, 4.69) is 42.9 Å². The fraction of sp³-hybridized carbons (Fsp3) is 1.00. The molecule has 1 aliphatic heterocycles. The third-order valence-corrected chi connectivity index (χ3v) is 4.80. The molecule has 1 saturated heterocycles. The minimum Gasteiger partial charge on any atom is -0.316 e. The molecule has 0 amide bonds. The molecule has 0 bridgehead atoms. The van der Waals surface area contributed by atoms with E-state index >= 15 is 0 Å². The van der Waals surface area contributed by atoms with Crippen molar-refractivity contribution in [3.8, 4) is 0 Å². The van der Waals surface area contributed by atoms with Crippen LogP contribution in [0.5, 0.6) is 0 Å². The maximum atomic E-state index is 3.64. The molecule has 1 heterocycles. The number of hydrogen-bond donors (Lipinski definition) is 1. The van der Waals surface area contributed by atoms with Crippen LogP contribution in [0.15, 0.2) is 0 Å². The molecule has 2 fully saturated rings. The Morgan fingerprint density at radius 2 is 2.00 bits per heavy atom. The molecule has 0 radical (unpaired) electrons. The normalized spacial score (nSPS) is 34.8. The Morgan fingerprint density at radius 3 is 2.56 bits per heavy atom. The summed E-state index contributed by atoms with van der Waals surface area (Å²) in [7, 11) is 2.25. The van der Waals surface area contributed by atoms with Gasteiger partial charge in [-0.05, 0) is 51.7 Å². The van der Waals surface area contributed by atoms with Gasteiger partial charge in [0.05, 0.1) is 0 Å². The van der Waals surface area contributed by atoms with Gasteiger partial charge in [0, 0.05) is 31.7 Å². The second-order valence-corrected chi connectivity index (χ2v) is 6.78. The lowest BCUT2D eigenvalue weighted by Gasteiger charge is -2.49. The lowest BCUT2D eigenvalue weighted by atomic mass is 9.78. The summed E-state index contributed by atoms with van der Waals surface area (Å²) in [4.78, 5) is 5.23. The molecule has 106 valence electrons. The minimum atomic E-state index is 0.726. The third kappa shape index (κ3) is 3.46. The largest absolute Gasteiger partial charge is 0.316 e. The molecule has 1 N–H and O–H groups in total. The van der Waals surface area contributed by atoms with Gasteiger partial charge in [0.1, 0.15) is 0 Å². The zero-order chi connectivity index (χ0) is 13.1. The summed E-state index contributed by atoms with van der Waals surface area (Å²) in [6, 6.07) is 1.59. The summed E-state index contributed by atoms with van der Waals surface area (Å²) in [6.07, 6.45) is 2.85. The van der Waals surface area contributed by atoms with Crippen LogP contribution in [0.1, 0.15) is 33.6 Å². The van der Waals surface area contributed by atoms with E-state index in [1.54, 1.807) is 0 Å². The summed E-state index contributed by atoms with van der Waals surface area (Å²) in [5.74, 6) is 1.67. The highest BCUT2D eigenvalue weighted by Gasteiger charge is 2.37. The van der Waals surface area contributed by atoms with Gasteiger partial charge in [0.15, 0.2) is 0 Å². The molecule has 2 rings (SSSR count). The maximum Gasteiger partial charge on any atom is 0.0192 e. The quantitative estimate of drug-likeness (QED) is 0.804. The number of piperazine rings is 1. The molecular weight excluding hydrogens is 222 g/mol. The Balaban J connectivity index is 1.72. The molecule has 0 aromatic heterocycles. The van der Waals surface area contributed by atoms with Gasteiger partial charge in [0.25, 0.3) is 0 Å². The second kappa shape index (κ2) is 6.36. The first-order valence-corrected chi connectivity index (χ1v) is 7.73. The van der Waals surface area contributed by atoms with Crippen LogP contribution in [0.2, 0.25) is 0 Å².